The lowest BCUT2D eigenvalue weighted by Crippen LogP contribution is -2.29. The zero-order valence-electron chi connectivity index (χ0n) is 14.3. The predicted octanol–water partition coefficient (Wildman–Crippen LogP) is 3.81. The summed E-state index contributed by atoms with van der Waals surface area (Å²) >= 11 is 0. The summed E-state index contributed by atoms with van der Waals surface area (Å²) in [5, 5.41) is 1.61. The fraction of sp³-hybridized carbons (Fsp3) is 0.200. The van der Waals surface area contributed by atoms with Crippen LogP contribution in [0.25, 0.3) is 10.8 Å². The first-order chi connectivity index (χ1) is 12.0. The molecule has 0 aliphatic rings. The van der Waals surface area contributed by atoms with Crippen LogP contribution in [0.2, 0.25) is 0 Å². The van der Waals surface area contributed by atoms with E-state index in [2.05, 4.69) is 4.72 Å². The van der Waals surface area contributed by atoms with Crippen LogP contribution in [0.4, 0.5) is 0 Å². The van der Waals surface area contributed by atoms with Crippen LogP contribution in [0.3, 0.4) is 0 Å². The van der Waals surface area contributed by atoms with E-state index in [1.807, 2.05) is 61.5 Å². The van der Waals surface area contributed by atoms with Gasteiger partial charge in [0.25, 0.3) is 0 Å². The second kappa shape index (κ2) is 7.35. The van der Waals surface area contributed by atoms with Crippen LogP contribution in [0, 0.1) is 6.92 Å². The summed E-state index contributed by atoms with van der Waals surface area (Å²) in [5.74, 6) is 0. The van der Waals surface area contributed by atoms with Crippen molar-refractivity contribution in [1.82, 2.24) is 4.72 Å². The highest BCUT2D eigenvalue weighted by atomic mass is 32.2. The van der Waals surface area contributed by atoms with Crippen LogP contribution in [-0.2, 0) is 14.8 Å². The minimum absolute atomic E-state index is 0.174. The van der Waals surface area contributed by atoms with Crippen molar-refractivity contribution in [3.8, 4) is 0 Å². The third kappa shape index (κ3) is 3.74. The van der Waals surface area contributed by atoms with E-state index in [4.69, 9.17) is 4.74 Å². The van der Waals surface area contributed by atoms with Gasteiger partial charge >= 0.3 is 0 Å². The van der Waals surface area contributed by atoms with Crippen LogP contribution in [0.15, 0.2) is 71.6 Å². The van der Waals surface area contributed by atoms with Crippen molar-refractivity contribution in [2.45, 2.75) is 17.9 Å². The maximum absolute atomic E-state index is 12.8. The molecule has 1 atom stereocenters. The smallest absolute Gasteiger partial charge is 0.241 e. The van der Waals surface area contributed by atoms with Gasteiger partial charge < -0.3 is 4.74 Å². The Labute approximate surface area is 148 Å². The largest absolute Gasteiger partial charge is 0.375 e. The fourth-order valence-corrected chi connectivity index (χ4v) is 4.22. The number of hydrogen-bond acceptors (Lipinski definition) is 3. The Morgan fingerprint density at radius 2 is 1.64 bits per heavy atom. The first kappa shape index (κ1) is 17.6. The van der Waals surface area contributed by atoms with Gasteiger partial charge in [0.05, 0.1) is 11.0 Å². The first-order valence-corrected chi connectivity index (χ1v) is 9.57. The van der Waals surface area contributed by atoms with Crippen LogP contribution in [0.5, 0.6) is 0 Å². The van der Waals surface area contributed by atoms with Crippen molar-refractivity contribution in [3.05, 3.63) is 77.9 Å². The highest BCUT2D eigenvalue weighted by molar-refractivity contribution is 7.89. The number of sulfonamides is 1. The van der Waals surface area contributed by atoms with Gasteiger partial charge in [-0.05, 0) is 29.5 Å². The summed E-state index contributed by atoms with van der Waals surface area (Å²) in [6.07, 6.45) is -0.342. The Morgan fingerprint density at radius 3 is 2.40 bits per heavy atom. The topological polar surface area (TPSA) is 55.4 Å². The lowest BCUT2D eigenvalue weighted by atomic mass is 10.0. The molecule has 0 bridgehead atoms. The lowest BCUT2D eigenvalue weighted by molar-refractivity contribution is 0.107. The minimum atomic E-state index is -3.64. The molecule has 0 aliphatic heterocycles. The minimum Gasteiger partial charge on any atom is -0.375 e. The second-order valence-electron chi connectivity index (χ2n) is 5.91. The van der Waals surface area contributed by atoms with E-state index in [9.17, 15) is 8.42 Å². The number of methoxy groups -OCH3 is 1. The summed E-state index contributed by atoms with van der Waals surface area (Å²) in [4.78, 5) is 0.283. The van der Waals surface area contributed by atoms with Gasteiger partial charge in [0, 0.05) is 19.0 Å². The van der Waals surface area contributed by atoms with Gasteiger partial charge in [-0.25, -0.2) is 13.1 Å². The van der Waals surface area contributed by atoms with Gasteiger partial charge in [-0.15, -0.1) is 0 Å². The molecule has 1 N–H and O–H groups in total. The fourth-order valence-electron chi connectivity index (χ4n) is 2.96. The number of hydrogen-bond donors (Lipinski definition) is 1. The molecule has 0 spiro atoms. The number of ether oxygens (including phenoxy) is 1. The van der Waals surface area contributed by atoms with E-state index < -0.39 is 10.0 Å². The summed E-state index contributed by atoms with van der Waals surface area (Å²) in [6, 6.07) is 20.6. The molecule has 3 aromatic rings. The molecule has 3 rings (SSSR count). The van der Waals surface area contributed by atoms with Gasteiger partial charge in [-0.3, -0.25) is 0 Å². The van der Waals surface area contributed by atoms with Gasteiger partial charge in [0.15, 0.2) is 0 Å². The van der Waals surface area contributed by atoms with Crippen molar-refractivity contribution < 1.29 is 13.2 Å². The van der Waals surface area contributed by atoms with Crippen molar-refractivity contribution in [2.75, 3.05) is 13.7 Å². The molecule has 3 aromatic carbocycles. The Hall–Kier alpha value is -2.21. The zero-order valence-corrected chi connectivity index (χ0v) is 15.1. The van der Waals surface area contributed by atoms with E-state index in [1.165, 1.54) is 0 Å². The monoisotopic (exact) mass is 355 g/mol. The van der Waals surface area contributed by atoms with E-state index in [1.54, 1.807) is 19.2 Å². The maximum Gasteiger partial charge on any atom is 0.241 e. The molecule has 0 aromatic heterocycles. The Morgan fingerprint density at radius 1 is 0.960 bits per heavy atom. The Kier molecular flexibility index (Phi) is 5.18. The molecule has 130 valence electrons. The molecule has 0 radical (unpaired) electrons. The number of nitrogens with one attached hydrogen (secondary N) is 1. The van der Waals surface area contributed by atoms with E-state index in [0.29, 0.717) is 5.39 Å². The van der Waals surface area contributed by atoms with E-state index in [-0.39, 0.29) is 17.5 Å². The number of benzene rings is 3. The first-order valence-electron chi connectivity index (χ1n) is 8.08. The number of rotatable bonds is 6. The van der Waals surface area contributed by atoms with Gasteiger partial charge in [-0.2, -0.15) is 0 Å². The third-order valence-corrected chi connectivity index (χ3v) is 5.80. The molecule has 0 saturated heterocycles. The molecular weight excluding hydrogens is 334 g/mol. The standard InChI is InChI=1S/C20H21NO3S/c1-15-8-3-5-11-17(15)19(24-2)14-21-25(22,23)20-13-7-10-16-9-4-6-12-18(16)20/h3-13,19,21H,14H2,1-2H3. The summed E-state index contributed by atoms with van der Waals surface area (Å²) in [6.45, 7) is 2.16. The lowest BCUT2D eigenvalue weighted by Gasteiger charge is -2.19. The van der Waals surface area contributed by atoms with Gasteiger partial charge in [0.2, 0.25) is 10.0 Å². The van der Waals surface area contributed by atoms with Crippen molar-refractivity contribution >= 4 is 20.8 Å². The van der Waals surface area contributed by atoms with Crippen molar-refractivity contribution in [1.29, 1.82) is 0 Å². The molecule has 25 heavy (non-hydrogen) atoms. The average Bonchev–Trinajstić information content (AvgIpc) is 2.63. The molecule has 0 aliphatic carbocycles. The number of aryl methyl sites for hydroxylation is 1. The van der Waals surface area contributed by atoms with E-state index in [0.717, 1.165) is 16.5 Å². The van der Waals surface area contributed by atoms with Crippen molar-refractivity contribution in [3.63, 3.8) is 0 Å². The molecule has 0 fully saturated rings. The van der Waals surface area contributed by atoms with Gasteiger partial charge in [-0.1, -0.05) is 60.7 Å². The van der Waals surface area contributed by atoms with Crippen LogP contribution in [-0.4, -0.2) is 22.1 Å². The summed E-state index contributed by atoms with van der Waals surface area (Å²) < 4.78 is 33.8. The zero-order chi connectivity index (χ0) is 17.9. The second-order valence-corrected chi connectivity index (χ2v) is 7.65. The molecule has 4 nitrogen and oxygen atoms in total. The van der Waals surface area contributed by atoms with Crippen LogP contribution in [0.1, 0.15) is 17.2 Å². The maximum atomic E-state index is 12.8. The molecule has 1 unspecified atom stereocenters. The molecule has 0 amide bonds. The molecule has 0 heterocycles. The predicted molar refractivity (Wildman–Crippen MR) is 100 cm³/mol. The Bertz CT molecular complexity index is 978. The number of fused-ring (bicyclic) bond motifs is 1. The normalized spacial score (nSPS) is 13.0. The third-order valence-electron chi connectivity index (χ3n) is 4.32. The van der Waals surface area contributed by atoms with E-state index >= 15 is 0 Å². The SMILES string of the molecule is COC(CNS(=O)(=O)c1cccc2ccccc12)c1ccccc1C. The summed E-state index contributed by atoms with van der Waals surface area (Å²) in [7, 11) is -2.06. The van der Waals surface area contributed by atoms with Crippen molar-refractivity contribution in [2.24, 2.45) is 0 Å². The van der Waals surface area contributed by atoms with Crippen LogP contribution >= 0.6 is 0 Å². The van der Waals surface area contributed by atoms with Crippen LogP contribution < -0.4 is 4.72 Å². The molecular formula is C20H21NO3S. The summed E-state index contributed by atoms with van der Waals surface area (Å²) in [5.41, 5.74) is 2.05. The average molecular weight is 355 g/mol. The Balaban J connectivity index is 1.87. The quantitative estimate of drug-likeness (QED) is 0.731. The van der Waals surface area contributed by atoms with Gasteiger partial charge in [0.1, 0.15) is 0 Å². The highest BCUT2D eigenvalue weighted by Crippen LogP contribution is 2.24. The molecule has 5 heteroatoms. The highest BCUT2D eigenvalue weighted by Gasteiger charge is 2.20. The molecule has 0 saturated carbocycles.